The van der Waals surface area contributed by atoms with Crippen molar-refractivity contribution in [1.29, 1.82) is 0 Å². The third kappa shape index (κ3) is 1.91. The maximum absolute atomic E-state index is 12.9. The van der Waals surface area contributed by atoms with Crippen LogP contribution in [0.15, 0.2) is 18.2 Å². The zero-order valence-corrected chi connectivity index (χ0v) is 8.57. The van der Waals surface area contributed by atoms with E-state index >= 15 is 0 Å². The molecular weight excluding hydrogens is 204 g/mol. The molecule has 76 valence electrons. The normalized spacial score (nSPS) is 26.8. The van der Waals surface area contributed by atoms with Crippen LogP contribution in [0, 0.1) is 11.6 Å². The summed E-state index contributed by atoms with van der Waals surface area (Å²) in [5.74, 6) is -1.56. The van der Waals surface area contributed by atoms with Gasteiger partial charge in [0.15, 0.2) is 11.6 Å². The van der Waals surface area contributed by atoms with E-state index < -0.39 is 11.6 Å². The first-order valence-corrected chi connectivity index (χ1v) is 5.45. The highest BCUT2D eigenvalue weighted by molar-refractivity contribution is 8.00. The van der Waals surface area contributed by atoms with E-state index in [0.29, 0.717) is 5.25 Å². The molecule has 1 aromatic rings. The Morgan fingerprint density at radius 1 is 1.36 bits per heavy atom. The quantitative estimate of drug-likeness (QED) is 0.773. The summed E-state index contributed by atoms with van der Waals surface area (Å²) in [4.78, 5) is 0. The third-order valence-electron chi connectivity index (χ3n) is 2.21. The Balaban J connectivity index is 2.20. The summed E-state index contributed by atoms with van der Waals surface area (Å²) in [5, 5.41) is 3.86. The highest BCUT2D eigenvalue weighted by atomic mass is 32.2. The molecule has 0 spiro atoms. The van der Waals surface area contributed by atoms with E-state index in [4.69, 9.17) is 0 Å². The molecular formula is C10H11F2NS. The Labute approximate surface area is 85.9 Å². The maximum atomic E-state index is 12.9. The molecule has 1 aliphatic heterocycles. The van der Waals surface area contributed by atoms with Crippen molar-refractivity contribution in [2.24, 2.45) is 0 Å². The number of benzene rings is 1. The Kier molecular flexibility index (Phi) is 2.74. The first-order valence-electron chi connectivity index (χ1n) is 4.50. The predicted molar refractivity (Wildman–Crippen MR) is 54.2 cm³/mol. The average molecular weight is 215 g/mol. The smallest absolute Gasteiger partial charge is 0.159 e. The molecule has 2 rings (SSSR count). The van der Waals surface area contributed by atoms with Gasteiger partial charge in [0.2, 0.25) is 0 Å². The lowest BCUT2D eigenvalue weighted by Gasteiger charge is -2.09. The lowest BCUT2D eigenvalue weighted by Crippen LogP contribution is -2.14. The van der Waals surface area contributed by atoms with Crippen molar-refractivity contribution >= 4 is 11.8 Å². The molecule has 0 aliphatic carbocycles. The average Bonchev–Trinajstić information content (AvgIpc) is 2.57. The largest absolute Gasteiger partial charge is 0.301 e. The summed E-state index contributed by atoms with van der Waals surface area (Å²) in [7, 11) is 0. The molecule has 1 aliphatic rings. The van der Waals surface area contributed by atoms with Crippen LogP contribution >= 0.6 is 11.8 Å². The maximum Gasteiger partial charge on any atom is 0.159 e. The van der Waals surface area contributed by atoms with E-state index in [2.05, 4.69) is 12.2 Å². The summed E-state index contributed by atoms with van der Waals surface area (Å²) >= 11 is 1.73. The van der Waals surface area contributed by atoms with Crippen LogP contribution in [0.5, 0.6) is 0 Å². The van der Waals surface area contributed by atoms with Gasteiger partial charge < -0.3 is 5.32 Å². The number of hydrogen-bond donors (Lipinski definition) is 1. The Hall–Kier alpha value is -0.610. The van der Waals surface area contributed by atoms with E-state index in [1.807, 2.05) is 0 Å². The minimum atomic E-state index is -0.787. The predicted octanol–water partition coefficient (Wildman–Crippen LogP) is 2.69. The van der Waals surface area contributed by atoms with Gasteiger partial charge in [0.25, 0.3) is 0 Å². The van der Waals surface area contributed by atoms with Gasteiger partial charge in [-0.1, -0.05) is 13.0 Å². The molecule has 14 heavy (non-hydrogen) atoms. The van der Waals surface area contributed by atoms with Crippen LogP contribution in [0.4, 0.5) is 8.78 Å². The molecule has 2 atom stereocenters. The first-order chi connectivity index (χ1) is 6.66. The summed E-state index contributed by atoms with van der Waals surface area (Å²) in [6, 6.07) is 4.06. The molecule has 1 nitrogen and oxygen atoms in total. The molecule has 0 radical (unpaired) electrons. The number of thioether (sulfide) groups is 1. The minimum Gasteiger partial charge on any atom is -0.301 e. The van der Waals surface area contributed by atoms with Crippen molar-refractivity contribution in [2.45, 2.75) is 17.5 Å². The molecule has 1 N–H and O–H groups in total. The standard InChI is InChI=1S/C10H11F2NS/c1-6-5-13-10(14-6)7-2-3-8(11)9(12)4-7/h2-4,6,10,13H,5H2,1H3. The second kappa shape index (κ2) is 3.87. The van der Waals surface area contributed by atoms with Crippen molar-refractivity contribution in [3.8, 4) is 0 Å². The summed E-state index contributed by atoms with van der Waals surface area (Å²) < 4.78 is 25.6. The summed E-state index contributed by atoms with van der Waals surface area (Å²) in [5.41, 5.74) is 0.804. The molecule has 0 saturated carbocycles. The van der Waals surface area contributed by atoms with E-state index in [9.17, 15) is 8.78 Å². The molecule has 2 unspecified atom stereocenters. The SMILES string of the molecule is CC1CNC(c2ccc(F)c(F)c2)S1. The van der Waals surface area contributed by atoms with Gasteiger partial charge in [-0.25, -0.2) is 8.78 Å². The van der Waals surface area contributed by atoms with E-state index in [1.54, 1.807) is 17.8 Å². The lowest BCUT2D eigenvalue weighted by molar-refractivity contribution is 0.506. The molecule has 0 aromatic heterocycles. The minimum absolute atomic E-state index is 0.0973. The zero-order valence-electron chi connectivity index (χ0n) is 7.76. The van der Waals surface area contributed by atoms with Crippen LogP contribution in [0.3, 0.4) is 0 Å². The highest BCUT2D eigenvalue weighted by Crippen LogP contribution is 2.34. The Bertz CT molecular complexity index is 343. The van der Waals surface area contributed by atoms with Gasteiger partial charge in [0.1, 0.15) is 0 Å². The second-order valence-corrected chi connectivity index (χ2v) is 4.96. The van der Waals surface area contributed by atoms with Gasteiger partial charge in [0.05, 0.1) is 5.37 Å². The van der Waals surface area contributed by atoms with Crippen molar-refractivity contribution in [3.63, 3.8) is 0 Å². The molecule has 4 heteroatoms. The Morgan fingerprint density at radius 3 is 2.71 bits per heavy atom. The molecule has 1 saturated heterocycles. The van der Waals surface area contributed by atoms with E-state index in [0.717, 1.165) is 12.1 Å². The summed E-state index contributed by atoms with van der Waals surface area (Å²) in [6.45, 7) is 3.02. The van der Waals surface area contributed by atoms with Crippen molar-refractivity contribution < 1.29 is 8.78 Å². The van der Waals surface area contributed by atoms with Crippen LogP contribution in [-0.4, -0.2) is 11.8 Å². The van der Waals surface area contributed by atoms with Gasteiger partial charge in [0, 0.05) is 11.8 Å². The number of hydrogen-bond acceptors (Lipinski definition) is 2. The molecule has 1 fully saturated rings. The van der Waals surface area contributed by atoms with Gasteiger partial charge in [-0.15, -0.1) is 11.8 Å². The summed E-state index contributed by atoms with van der Waals surface area (Å²) in [6.07, 6.45) is 0. The van der Waals surface area contributed by atoms with Gasteiger partial charge in [-0.05, 0) is 17.7 Å². The fraction of sp³-hybridized carbons (Fsp3) is 0.400. The van der Waals surface area contributed by atoms with Gasteiger partial charge in [-0.3, -0.25) is 0 Å². The van der Waals surface area contributed by atoms with Crippen LogP contribution < -0.4 is 5.32 Å². The molecule has 0 bridgehead atoms. The van der Waals surface area contributed by atoms with Crippen LogP contribution in [0.2, 0.25) is 0 Å². The van der Waals surface area contributed by atoms with Crippen molar-refractivity contribution in [1.82, 2.24) is 5.32 Å². The monoisotopic (exact) mass is 215 g/mol. The van der Waals surface area contributed by atoms with Gasteiger partial charge in [-0.2, -0.15) is 0 Å². The zero-order chi connectivity index (χ0) is 10.1. The van der Waals surface area contributed by atoms with Crippen molar-refractivity contribution in [3.05, 3.63) is 35.4 Å². The second-order valence-electron chi connectivity index (χ2n) is 3.41. The molecule has 0 amide bonds. The molecule has 1 aromatic carbocycles. The molecule has 1 heterocycles. The van der Waals surface area contributed by atoms with Crippen LogP contribution in [-0.2, 0) is 0 Å². The first kappa shape index (κ1) is 9.93. The van der Waals surface area contributed by atoms with Gasteiger partial charge >= 0.3 is 0 Å². The number of rotatable bonds is 1. The van der Waals surface area contributed by atoms with Crippen LogP contribution in [0.1, 0.15) is 17.9 Å². The number of halogens is 2. The third-order valence-corrected chi connectivity index (χ3v) is 3.55. The van der Waals surface area contributed by atoms with E-state index in [1.165, 1.54) is 12.1 Å². The number of nitrogens with one attached hydrogen (secondary N) is 1. The van der Waals surface area contributed by atoms with Crippen LogP contribution in [0.25, 0.3) is 0 Å². The Morgan fingerprint density at radius 2 is 2.14 bits per heavy atom. The fourth-order valence-corrected chi connectivity index (χ4v) is 2.63. The fourth-order valence-electron chi connectivity index (χ4n) is 1.47. The van der Waals surface area contributed by atoms with Crippen molar-refractivity contribution in [2.75, 3.05) is 6.54 Å². The van der Waals surface area contributed by atoms with E-state index in [-0.39, 0.29) is 5.37 Å². The highest BCUT2D eigenvalue weighted by Gasteiger charge is 2.23. The topological polar surface area (TPSA) is 12.0 Å². The lowest BCUT2D eigenvalue weighted by atomic mass is 10.2.